The van der Waals surface area contributed by atoms with Crippen molar-refractivity contribution in [1.82, 2.24) is 0 Å². The molecule has 0 heterocycles. The van der Waals surface area contributed by atoms with Gasteiger partial charge in [-0.1, -0.05) is 23.8 Å². The highest BCUT2D eigenvalue weighted by Crippen LogP contribution is 2.48. The molecule has 2 heteroatoms. The van der Waals surface area contributed by atoms with Crippen molar-refractivity contribution >= 4 is 5.78 Å². The van der Waals surface area contributed by atoms with E-state index >= 15 is 0 Å². The molecule has 17 heavy (non-hydrogen) atoms. The van der Waals surface area contributed by atoms with Crippen LogP contribution in [0.15, 0.2) is 24.3 Å². The summed E-state index contributed by atoms with van der Waals surface area (Å²) in [5.41, 5.74) is 8.21. The average Bonchev–Trinajstić information content (AvgIpc) is 2.88. The molecule has 2 bridgehead atoms. The first-order chi connectivity index (χ1) is 8.16. The van der Waals surface area contributed by atoms with Gasteiger partial charge < -0.3 is 5.73 Å². The first-order valence-electron chi connectivity index (χ1n) is 6.53. The summed E-state index contributed by atoms with van der Waals surface area (Å²) in [5.74, 6) is 1.49. The maximum Gasteiger partial charge on any atom is 0.167 e. The van der Waals surface area contributed by atoms with Crippen molar-refractivity contribution < 1.29 is 4.79 Å². The zero-order valence-electron chi connectivity index (χ0n) is 10.2. The van der Waals surface area contributed by atoms with Crippen LogP contribution in [0.3, 0.4) is 0 Å². The molecule has 2 nitrogen and oxygen atoms in total. The van der Waals surface area contributed by atoms with Gasteiger partial charge in [0.15, 0.2) is 5.78 Å². The van der Waals surface area contributed by atoms with Crippen LogP contribution in [-0.4, -0.2) is 11.8 Å². The van der Waals surface area contributed by atoms with E-state index in [4.69, 9.17) is 5.73 Å². The molecule has 90 valence electrons. The van der Waals surface area contributed by atoms with Crippen LogP contribution in [0.5, 0.6) is 0 Å². The number of ketones is 1. The normalized spacial score (nSPS) is 35.2. The quantitative estimate of drug-likeness (QED) is 0.792. The van der Waals surface area contributed by atoms with Crippen molar-refractivity contribution in [2.45, 2.75) is 32.2 Å². The van der Waals surface area contributed by atoms with Gasteiger partial charge in [0.25, 0.3) is 0 Å². The first-order valence-corrected chi connectivity index (χ1v) is 6.53. The zero-order valence-corrected chi connectivity index (χ0v) is 10.2. The van der Waals surface area contributed by atoms with Crippen LogP contribution in [0.4, 0.5) is 0 Å². The summed E-state index contributed by atoms with van der Waals surface area (Å²) < 4.78 is 0. The second-order valence-electron chi connectivity index (χ2n) is 5.67. The number of aryl methyl sites for hydroxylation is 1. The van der Waals surface area contributed by atoms with Crippen molar-refractivity contribution in [1.29, 1.82) is 0 Å². The molecule has 0 saturated heterocycles. The minimum atomic E-state index is 0.0792. The van der Waals surface area contributed by atoms with Gasteiger partial charge in [-0.25, -0.2) is 0 Å². The summed E-state index contributed by atoms with van der Waals surface area (Å²) in [6, 6.07) is 8.00. The molecule has 0 aliphatic heterocycles. The zero-order chi connectivity index (χ0) is 12.0. The van der Waals surface area contributed by atoms with Gasteiger partial charge in [-0.15, -0.1) is 0 Å². The molecule has 4 atom stereocenters. The van der Waals surface area contributed by atoms with E-state index in [0.29, 0.717) is 11.8 Å². The largest absolute Gasteiger partial charge is 0.327 e. The van der Waals surface area contributed by atoms with Crippen LogP contribution in [0.1, 0.15) is 35.2 Å². The third-order valence-electron chi connectivity index (χ3n) is 4.59. The third-order valence-corrected chi connectivity index (χ3v) is 4.59. The highest BCUT2D eigenvalue weighted by atomic mass is 16.1. The number of rotatable bonds is 2. The van der Waals surface area contributed by atoms with Crippen molar-refractivity contribution in [2.75, 3.05) is 0 Å². The summed E-state index contributed by atoms with van der Waals surface area (Å²) in [7, 11) is 0. The van der Waals surface area contributed by atoms with Gasteiger partial charge in [0.2, 0.25) is 0 Å². The lowest BCUT2D eigenvalue weighted by molar-refractivity contribution is 0.0856. The molecule has 2 N–H and O–H groups in total. The van der Waals surface area contributed by atoms with Gasteiger partial charge in [-0.05, 0) is 44.1 Å². The number of hydrogen-bond donors (Lipinski definition) is 1. The number of Topliss-reactive ketones (excluding diaryl/α,β-unsaturated/α-hetero) is 1. The Labute approximate surface area is 102 Å². The molecular weight excluding hydrogens is 210 g/mol. The first kappa shape index (κ1) is 11.0. The van der Waals surface area contributed by atoms with E-state index in [-0.39, 0.29) is 17.7 Å². The minimum absolute atomic E-state index is 0.0792. The SMILES string of the molecule is Cc1cccc(C(=O)C2C3CCC(C3)C2N)c1. The second kappa shape index (κ2) is 3.95. The minimum Gasteiger partial charge on any atom is -0.327 e. The van der Waals surface area contributed by atoms with Gasteiger partial charge in [0, 0.05) is 17.5 Å². The van der Waals surface area contributed by atoms with Gasteiger partial charge >= 0.3 is 0 Å². The number of benzene rings is 1. The smallest absolute Gasteiger partial charge is 0.167 e. The summed E-state index contributed by atoms with van der Waals surface area (Å²) in [4.78, 5) is 12.5. The van der Waals surface area contributed by atoms with Gasteiger partial charge in [-0.3, -0.25) is 4.79 Å². The predicted molar refractivity (Wildman–Crippen MR) is 67.8 cm³/mol. The second-order valence-corrected chi connectivity index (χ2v) is 5.67. The van der Waals surface area contributed by atoms with Crippen molar-refractivity contribution in [3.05, 3.63) is 35.4 Å². The Morgan fingerprint density at radius 3 is 2.71 bits per heavy atom. The lowest BCUT2D eigenvalue weighted by Crippen LogP contribution is -2.40. The molecule has 0 amide bonds. The van der Waals surface area contributed by atoms with E-state index in [1.54, 1.807) is 0 Å². The van der Waals surface area contributed by atoms with E-state index in [9.17, 15) is 4.79 Å². The molecular formula is C15H19NO. The van der Waals surface area contributed by atoms with E-state index < -0.39 is 0 Å². The molecule has 0 aromatic heterocycles. The molecule has 0 spiro atoms. The summed E-state index contributed by atoms with van der Waals surface area (Å²) in [6.07, 6.45) is 3.59. The van der Waals surface area contributed by atoms with Crippen LogP contribution in [0, 0.1) is 24.7 Å². The fourth-order valence-electron chi connectivity index (χ4n) is 3.72. The highest BCUT2D eigenvalue weighted by Gasteiger charge is 2.48. The number of fused-ring (bicyclic) bond motifs is 2. The Morgan fingerprint density at radius 1 is 1.29 bits per heavy atom. The van der Waals surface area contributed by atoms with Crippen LogP contribution < -0.4 is 5.73 Å². The van der Waals surface area contributed by atoms with Crippen LogP contribution in [0.25, 0.3) is 0 Å². The average molecular weight is 229 g/mol. The molecule has 2 aliphatic carbocycles. The Kier molecular flexibility index (Phi) is 2.55. The predicted octanol–water partition coefficient (Wildman–Crippen LogP) is 2.55. The Morgan fingerprint density at radius 2 is 2.06 bits per heavy atom. The van der Waals surface area contributed by atoms with Crippen LogP contribution in [-0.2, 0) is 0 Å². The molecule has 4 unspecified atom stereocenters. The molecule has 2 aliphatic rings. The monoisotopic (exact) mass is 229 g/mol. The van der Waals surface area contributed by atoms with E-state index in [1.807, 2.05) is 31.2 Å². The standard InChI is InChI=1S/C15H19NO/c1-9-3-2-4-12(7-9)15(17)13-10-5-6-11(8-10)14(13)16/h2-4,7,10-11,13-14H,5-6,8,16H2,1H3. The molecule has 1 aromatic rings. The molecule has 2 saturated carbocycles. The number of nitrogens with two attached hydrogens (primary N) is 1. The van der Waals surface area contributed by atoms with Gasteiger partial charge in [0.1, 0.15) is 0 Å². The Balaban J connectivity index is 1.88. The summed E-state index contributed by atoms with van der Waals surface area (Å²) in [5, 5.41) is 0. The number of carbonyl (C=O) groups excluding carboxylic acids is 1. The van der Waals surface area contributed by atoms with E-state index in [0.717, 1.165) is 11.1 Å². The molecule has 1 aromatic carbocycles. The van der Waals surface area contributed by atoms with Gasteiger partial charge in [0.05, 0.1) is 0 Å². The van der Waals surface area contributed by atoms with Crippen LogP contribution in [0.2, 0.25) is 0 Å². The fourth-order valence-corrected chi connectivity index (χ4v) is 3.72. The fraction of sp³-hybridized carbons (Fsp3) is 0.533. The maximum absolute atomic E-state index is 12.5. The lowest BCUT2D eigenvalue weighted by atomic mass is 9.80. The number of carbonyl (C=O) groups is 1. The van der Waals surface area contributed by atoms with E-state index in [2.05, 4.69) is 0 Å². The van der Waals surface area contributed by atoms with Gasteiger partial charge in [-0.2, -0.15) is 0 Å². The molecule has 3 rings (SSSR count). The maximum atomic E-state index is 12.5. The third kappa shape index (κ3) is 1.71. The topological polar surface area (TPSA) is 43.1 Å². The Hall–Kier alpha value is -1.15. The van der Waals surface area contributed by atoms with Crippen molar-refractivity contribution in [3.8, 4) is 0 Å². The van der Waals surface area contributed by atoms with E-state index in [1.165, 1.54) is 19.3 Å². The van der Waals surface area contributed by atoms with Crippen LogP contribution >= 0.6 is 0 Å². The number of hydrogen-bond acceptors (Lipinski definition) is 2. The molecule has 2 fully saturated rings. The molecule has 0 radical (unpaired) electrons. The highest BCUT2D eigenvalue weighted by molar-refractivity contribution is 5.99. The summed E-state index contributed by atoms with van der Waals surface area (Å²) >= 11 is 0. The Bertz CT molecular complexity index is 452. The van der Waals surface area contributed by atoms with Crippen molar-refractivity contribution in [2.24, 2.45) is 23.5 Å². The van der Waals surface area contributed by atoms with Crippen molar-refractivity contribution in [3.63, 3.8) is 0 Å². The summed E-state index contributed by atoms with van der Waals surface area (Å²) in [6.45, 7) is 2.03. The lowest BCUT2D eigenvalue weighted by Gasteiger charge is -2.26.